The van der Waals surface area contributed by atoms with Crippen molar-refractivity contribution in [3.05, 3.63) is 59.7 Å². The molecule has 132 valence electrons. The number of hydrogen-bond acceptors (Lipinski definition) is 5. The molecule has 0 aliphatic carbocycles. The molecule has 1 heterocycles. The topological polar surface area (TPSA) is 59.6 Å². The van der Waals surface area contributed by atoms with Gasteiger partial charge in [0.05, 0.1) is 13.2 Å². The molecule has 25 heavy (non-hydrogen) atoms. The molecule has 0 bridgehead atoms. The van der Waals surface area contributed by atoms with Gasteiger partial charge in [-0.25, -0.2) is 0 Å². The number of rotatable bonds is 7. The molecule has 2 N–H and O–H groups in total. The molecule has 1 amide bonds. The van der Waals surface area contributed by atoms with E-state index in [1.165, 1.54) is 0 Å². The average Bonchev–Trinajstić information content (AvgIpc) is 3.20. The maximum absolute atomic E-state index is 12.1. The van der Waals surface area contributed by atoms with Crippen LogP contribution in [0, 0.1) is 0 Å². The van der Waals surface area contributed by atoms with Crippen LogP contribution < -0.4 is 20.1 Å². The molecule has 1 aliphatic rings. The van der Waals surface area contributed by atoms with Crippen molar-refractivity contribution in [1.29, 1.82) is 0 Å². The van der Waals surface area contributed by atoms with E-state index in [2.05, 4.69) is 10.6 Å². The summed E-state index contributed by atoms with van der Waals surface area (Å²) in [5.74, 6) is 3.04. The van der Waals surface area contributed by atoms with Gasteiger partial charge in [0.25, 0.3) is 0 Å². The summed E-state index contributed by atoms with van der Waals surface area (Å²) < 4.78 is 11.3. The van der Waals surface area contributed by atoms with Crippen LogP contribution in [-0.2, 0) is 17.9 Å². The van der Waals surface area contributed by atoms with Crippen LogP contribution in [0.2, 0.25) is 0 Å². The van der Waals surface area contributed by atoms with E-state index in [4.69, 9.17) is 9.47 Å². The smallest absolute Gasteiger partial charge is 0.238 e. The van der Waals surface area contributed by atoms with Gasteiger partial charge in [0.15, 0.2) is 11.5 Å². The summed E-state index contributed by atoms with van der Waals surface area (Å²) in [4.78, 5) is 12.1. The van der Waals surface area contributed by atoms with Crippen molar-refractivity contribution < 1.29 is 14.3 Å². The zero-order valence-corrected chi connectivity index (χ0v) is 15.0. The largest absolute Gasteiger partial charge is 0.493 e. The molecule has 2 aromatic rings. The van der Waals surface area contributed by atoms with Crippen molar-refractivity contribution in [1.82, 2.24) is 10.6 Å². The molecule has 0 spiro atoms. The second-order valence-electron chi connectivity index (χ2n) is 5.75. The van der Waals surface area contributed by atoms with Gasteiger partial charge < -0.3 is 14.8 Å². The molecule has 6 heteroatoms. The minimum atomic E-state index is -0.0969. The van der Waals surface area contributed by atoms with Crippen molar-refractivity contribution in [2.75, 3.05) is 18.7 Å². The SMILES string of the molecule is COc1cc(CNC(=O)C2CSCN2)ccc1OCc1ccccc1. The van der Waals surface area contributed by atoms with Gasteiger partial charge in [0.1, 0.15) is 6.61 Å². The van der Waals surface area contributed by atoms with Gasteiger partial charge in [-0.2, -0.15) is 0 Å². The van der Waals surface area contributed by atoms with Crippen molar-refractivity contribution in [2.24, 2.45) is 0 Å². The molecule has 0 radical (unpaired) electrons. The molecule has 5 nitrogen and oxygen atoms in total. The lowest BCUT2D eigenvalue weighted by Gasteiger charge is -2.14. The van der Waals surface area contributed by atoms with E-state index in [-0.39, 0.29) is 11.9 Å². The third-order valence-corrected chi connectivity index (χ3v) is 4.90. The van der Waals surface area contributed by atoms with Crippen LogP contribution in [0.15, 0.2) is 48.5 Å². The van der Waals surface area contributed by atoms with E-state index in [1.807, 2.05) is 48.5 Å². The van der Waals surface area contributed by atoms with Crippen LogP contribution in [0.25, 0.3) is 0 Å². The molecule has 1 aliphatic heterocycles. The van der Waals surface area contributed by atoms with Crippen LogP contribution >= 0.6 is 11.8 Å². The Labute approximate surface area is 152 Å². The summed E-state index contributed by atoms with van der Waals surface area (Å²) in [7, 11) is 1.62. The number of nitrogens with one attached hydrogen (secondary N) is 2. The summed E-state index contributed by atoms with van der Waals surface area (Å²) in [5.41, 5.74) is 2.07. The fourth-order valence-electron chi connectivity index (χ4n) is 2.55. The van der Waals surface area contributed by atoms with Crippen LogP contribution in [0.5, 0.6) is 11.5 Å². The summed E-state index contributed by atoms with van der Waals surface area (Å²) in [6.07, 6.45) is 0. The van der Waals surface area contributed by atoms with Gasteiger partial charge >= 0.3 is 0 Å². The fraction of sp³-hybridized carbons (Fsp3) is 0.316. The minimum Gasteiger partial charge on any atom is -0.493 e. The van der Waals surface area contributed by atoms with Gasteiger partial charge in [-0.15, -0.1) is 11.8 Å². The third kappa shape index (κ3) is 4.90. The fourth-order valence-corrected chi connectivity index (χ4v) is 3.49. The first-order valence-electron chi connectivity index (χ1n) is 8.19. The number of carbonyl (C=O) groups excluding carboxylic acids is 1. The van der Waals surface area contributed by atoms with Crippen LogP contribution in [0.4, 0.5) is 0 Å². The molecular formula is C19H22N2O3S. The maximum Gasteiger partial charge on any atom is 0.238 e. The third-order valence-electron chi connectivity index (χ3n) is 3.96. The standard InChI is InChI=1S/C19H22N2O3S/c1-23-18-9-15(10-20-19(22)16-12-25-13-21-16)7-8-17(18)24-11-14-5-3-2-4-6-14/h2-9,16,21H,10-13H2,1H3,(H,20,22). The van der Waals surface area contributed by atoms with Gasteiger partial charge in [-0.05, 0) is 23.3 Å². The Hall–Kier alpha value is -2.18. The van der Waals surface area contributed by atoms with E-state index in [1.54, 1.807) is 18.9 Å². The highest BCUT2D eigenvalue weighted by molar-refractivity contribution is 7.99. The lowest BCUT2D eigenvalue weighted by molar-refractivity contribution is -0.122. The van der Waals surface area contributed by atoms with E-state index in [0.717, 1.165) is 22.8 Å². The highest BCUT2D eigenvalue weighted by Gasteiger charge is 2.22. The molecule has 2 aromatic carbocycles. The zero-order chi connectivity index (χ0) is 17.5. The normalized spacial score (nSPS) is 16.4. The van der Waals surface area contributed by atoms with Gasteiger partial charge in [-0.3, -0.25) is 10.1 Å². The summed E-state index contributed by atoms with van der Waals surface area (Å²) >= 11 is 1.74. The zero-order valence-electron chi connectivity index (χ0n) is 14.2. The molecular weight excluding hydrogens is 336 g/mol. The molecule has 0 saturated carbocycles. The lowest BCUT2D eigenvalue weighted by atomic mass is 10.2. The molecule has 3 rings (SSSR count). The van der Waals surface area contributed by atoms with Crippen LogP contribution in [0.3, 0.4) is 0 Å². The second kappa shape index (κ2) is 8.78. The number of methoxy groups -OCH3 is 1. The van der Waals surface area contributed by atoms with Crippen molar-refractivity contribution in [3.8, 4) is 11.5 Å². The quantitative estimate of drug-likeness (QED) is 0.797. The Morgan fingerprint density at radius 3 is 2.76 bits per heavy atom. The molecule has 1 saturated heterocycles. The second-order valence-corrected chi connectivity index (χ2v) is 6.78. The molecule has 1 unspecified atom stereocenters. The average molecular weight is 358 g/mol. The van der Waals surface area contributed by atoms with Crippen molar-refractivity contribution in [3.63, 3.8) is 0 Å². The Bertz CT molecular complexity index is 703. The first-order valence-corrected chi connectivity index (χ1v) is 9.34. The van der Waals surface area contributed by atoms with Crippen LogP contribution in [-0.4, -0.2) is 30.7 Å². The van der Waals surface area contributed by atoms with Gasteiger partial charge in [0, 0.05) is 18.2 Å². The first-order chi connectivity index (χ1) is 12.3. The Morgan fingerprint density at radius 1 is 1.20 bits per heavy atom. The summed E-state index contributed by atoms with van der Waals surface area (Å²) in [6, 6.07) is 15.6. The molecule has 1 fully saturated rings. The summed E-state index contributed by atoms with van der Waals surface area (Å²) in [6.45, 7) is 0.954. The number of amides is 1. The number of hydrogen-bond donors (Lipinski definition) is 2. The van der Waals surface area contributed by atoms with E-state index in [0.29, 0.717) is 24.7 Å². The van der Waals surface area contributed by atoms with Gasteiger partial charge in [-0.1, -0.05) is 36.4 Å². The predicted molar refractivity (Wildman–Crippen MR) is 99.9 cm³/mol. The lowest BCUT2D eigenvalue weighted by Crippen LogP contribution is -2.41. The Morgan fingerprint density at radius 2 is 2.04 bits per heavy atom. The maximum atomic E-state index is 12.1. The number of benzene rings is 2. The van der Waals surface area contributed by atoms with Crippen molar-refractivity contribution >= 4 is 17.7 Å². The number of thioether (sulfide) groups is 1. The predicted octanol–water partition coefficient (Wildman–Crippen LogP) is 2.55. The highest BCUT2D eigenvalue weighted by Crippen LogP contribution is 2.28. The van der Waals surface area contributed by atoms with Gasteiger partial charge in [0.2, 0.25) is 5.91 Å². The van der Waals surface area contributed by atoms with E-state index in [9.17, 15) is 4.79 Å². The summed E-state index contributed by atoms with van der Waals surface area (Å²) in [5, 5.41) is 6.12. The number of ether oxygens (including phenoxy) is 2. The Kier molecular flexibility index (Phi) is 6.19. The molecule has 1 atom stereocenters. The highest BCUT2D eigenvalue weighted by atomic mass is 32.2. The Balaban J connectivity index is 1.58. The number of carbonyl (C=O) groups is 1. The minimum absolute atomic E-state index is 0.0355. The van der Waals surface area contributed by atoms with E-state index >= 15 is 0 Å². The van der Waals surface area contributed by atoms with E-state index < -0.39 is 0 Å². The molecule has 0 aromatic heterocycles. The first kappa shape index (κ1) is 17.6. The monoisotopic (exact) mass is 358 g/mol. The van der Waals surface area contributed by atoms with Crippen LogP contribution in [0.1, 0.15) is 11.1 Å². The van der Waals surface area contributed by atoms with Crippen molar-refractivity contribution in [2.45, 2.75) is 19.2 Å².